The van der Waals surface area contributed by atoms with E-state index in [9.17, 15) is 0 Å². The molecule has 4 heteroatoms. The zero-order valence-corrected chi connectivity index (χ0v) is 14.1. The van der Waals surface area contributed by atoms with Crippen molar-refractivity contribution in [1.82, 2.24) is 21.0 Å². The number of hydrogen-bond donors (Lipinski definition) is 2. The van der Waals surface area contributed by atoms with Crippen LogP contribution in [0.5, 0.6) is 0 Å². The second kappa shape index (κ2) is 6.69. The highest BCUT2D eigenvalue weighted by molar-refractivity contribution is 5.65. The number of allylic oxidation sites excluding steroid dienone is 1. The van der Waals surface area contributed by atoms with Crippen LogP contribution in [0.3, 0.4) is 0 Å². The Hall–Kier alpha value is -1.55. The average molecular weight is 300 g/mol. The lowest BCUT2D eigenvalue weighted by Crippen LogP contribution is -2.34. The lowest BCUT2D eigenvalue weighted by atomic mass is 9.84. The second-order valence-electron chi connectivity index (χ2n) is 6.62. The summed E-state index contributed by atoms with van der Waals surface area (Å²) < 4.78 is 0. The molecule has 0 bridgehead atoms. The fraction of sp³-hybridized carbons (Fsp3) is 0.611. The number of rotatable bonds is 4. The zero-order chi connectivity index (χ0) is 15.5. The van der Waals surface area contributed by atoms with Crippen LogP contribution in [0.4, 0.5) is 0 Å². The molecule has 0 saturated heterocycles. The molecule has 4 nitrogen and oxygen atoms in total. The number of aromatic nitrogens is 1. The number of hydrogen-bond acceptors (Lipinski definition) is 4. The van der Waals surface area contributed by atoms with Crippen LogP contribution in [0.1, 0.15) is 62.4 Å². The van der Waals surface area contributed by atoms with E-state index in [0.29, 0.717) is 0 Å². The van der Waals surface area contributed by atoms with Crippen LogP contribution in [0, 0.1) is 12.8 Å². The van der Waals surface area contributed by atoms with E-state index in [1.54, 1.807) is 0 Å². The Morgan fingerprint density at radius 2 is 2.00 bits per heavy atom. The van der Waals surface area contributed by atoms with Gasteiger partial charge in [0, 0.05) is 12.7 Å². The molecule has 0 atom stereocenters. The van der Waals surface area contributed by atoms with E-state index in [4.69, 9.17) is 4.98 Å². The Morgan fingerprint density at radius 1 is 1.23 bits per heavy atom. The lowest BCUT2D eigenvalue weighted by Gasteiger charge is -2.22. The fourth-order valence-corrected chi connectivity index (χ4v) is 3.72. The summed E-state index contributed by atoms with van der Waals surface area (Å²) in [6, 6.07) is 4.45. The molecule has 3 rings (SSSR count). The molecular formula is C18H28N4. The van der Waals surface area contributed by atoms with Crippen molar-refractivity contribution in [3.8, 4) is 0 Å². The molecule has 120 valence electrons. The topological polar surface area (TPSA) is 40.2 Å². The summed E-state index contributed by atoms with van der Waals surface area (Å²) in [6.07, 6.45) is 9.20. The normalized spacial score (nSPS) is 19.7. The molecule has 1 aliphatic heterocycles. The molecule has 1 fully saturated rings. The molecule has 2 heterocycles. The Labute approximate surface area is 133 Å². The van der Waals surface area contributed by atoms with Gasteiger partial charge in [-0.15, -0.1) is 5.53 Å². The van der Waals surface area contributed by atoms with Crippen LogP contribution >= 0.6 is 0 Å². The SMILES string of the molecule is CCC1=C(c2ccc(CC3CCCCC3)c(C)n2)NNN1C. The third-order valence-corrected chi connectivity index (χ3v) is 5.06. The summed E-state index contributed by atoms with van der Waals surface area (Å²) >= 11 is 0. The largest absolute Gasteiger partial charge is 0.300 e. The monoisotopic (exact) mass is 300 g/mol. The molecule has 0 unspecified atom stereocenters. The molecule has 1 aromatic rings. The van der Waals surface area contributed by atoms with Gasteiger partial charge in [-0.1, -0.05) is 45.1 Å². The molecule has 1 aromatic heterocycles. The van der Waals surface area contributed by atoms with Crippen molar-refractivity contribution in [2.45, 2.75) is 58.8 Å². The van der Waals surface area contributed by atoms with Gasteiger partial charge in [0.25, 0.3) is 0 Å². The highest BCUT2D eigenvalue weighted by Gasteiger charge is 2.21. The first-order valence-corrected chi connectivity index (χ1v) is 8.64. The number of hydrazine groups is 2. The minimum absolute atomic E-state index is 0.864. The standard InChI is InChI=1S/C18H28N4/c1-4-17-18(20-21-22(17)3)16-11-10-15(13(2)19-16)12-14-8-6-5-7-9-14/h10-11,14,20-21H,4-9,12H2,1-3H3. The molecule has 2 aliphatic rings. The van der Waals surface area contributed by atoms with Crippen molar-refractivity contribution < 1.29 is 0 Å². The molecule has 0 radical (unpaired) electrons. The lowest BCUT2D eigenvalue weighted by molar-refractivity contribution is 0.301. The first kappa shape index (κ1) is 15.3. The molecule has 1 saturated carbocycles. The third kappa shape index (κ3) is 3.12. The Morgan fingerprint density at radius 3 is 2.68 bits per heavy atom. The van der Waals surface area contributed by atoms with Crippen molar-refractivity contribution in [3.63, 3.8) is 0 Å². The van der Waals surface area contributed by atoms with E-state index in [1.165, 1.54) is 55.5 Å². The molecule has 0 aromatic carbocycles. The molecule has 1 aliphatic carbocycles. The molecule has 2 N–H and O–H groups in total. The predicted octanol–water partition coefficient (Wildman–Crippen LogP) is 3.55. The van der Waals surface area contributed by atoms with Crippen LogP contribution in [0.2, 0.25) is 0 Å². The zero-order valence-electron chi connectivity index (χ0n) is 14.1. The van der Waals surface area contributed by atoms with E-state index in [1.807, 2.05) is 12.1 Å². The molecule has 0 amide bonds. The molecule has 0 spiro atoms. The molecule has 22 heavy (non-hydrogen) atoms. The van der Waals surface area contributed by atoms with Gasteiger partial charge in [0.15, 0.2) is 0 Å². The van der Waals surface area contributed by atoms with E-state index in [0.717, 1.165) is 23.7 Å². The van der Waals surface area contributed by atoms with E-state index < -0.39 is 0 Å². The van der Waals surface area contributed by atoms with Gasteiger partial charge in [-0.2, -0.15) is 0 Å². The van der Waals surface area contributed by atoms with Crippen molar-refractivity contribution in [2.24, 2.45) is 5.92 Å². The van der Waals surface area contributed by atoms with Gasteiger partial charge in [0.1, 0.15) is 0 Å². The number of nitrogens with one attached hydrogen (secondary N) is 2. The first-order chi connectivity index (χ1) is 10.7. The van der Waals surface area contributed by atoms with Crippen molar-refractivity contribution in [3.05, 3.63) is 34.8 Å². The minimum atomic E-state index is 0.864. The fourth-order valence-electron chi connectivity index (χ4n) is 3.72. The van der Waals surface area contributed by atoms with Crippen LogP contribution in [-0.2, 0) is 6.42 Å². The van der Waals surface area contributed by atoms with Gasteiger partial charge in [-0.25, -0.2) is 0 Å². The number of nitrogens with zero attached hydrogens (tertiary/aromatic N) is 2. The quantitative estimate of drug-likeness (QED) is 0.892. The summed E-state index contributed by atoms with van der Waals surface area (Å²) in [7, 11) is 2.03. The average Bonchev–Trinajstić information content (AvgIpc) is 2.91. The second-order valence-corrected chi connectivity index (χ2v) is 6.62. The predicted molar refractivity (Wildman–Crippen MR) is 90.5 cm³/mol. The molecular weight excluding hydrogens is 272 g/mol. The van der Waals surface area contributed by atoms with Gasteiger partial charge in [0.2, 0.25) is 0 Å². The van der Waals surface area contributed by atoms with E-state index in [-0.39, 0.29) is 0 Å². The Bertz CT molecular complexity index is 558. The van der Waals surface area contributed by atoms with Gasteiger partial charge in [-0.05, 0) is 37.3 Å². The van der Waals surface area contributed by atoms with Crippen molar-refractivity contribution in [2.75, 3.05) is 7.05 Å². The van der Waals surface area contributed by atoms with Crippen molar-refractivity contribution in [1.29, 1.82) is 0 Å². The highest BCUT2D eigenvalue weighted by atomic mass is 15.7. The summed E-state index contributed by atoms with van der Waals surface area (Å²) in [5.74, 6) is 0.864. The van der Waals surface area contributed by atoms with Gasteiger partial charge < -0.3 is 0 Å². The summed E-state index contributed by atoms with van der Waals surface area (Å²) in [6.45, 7) is 4.32. The first-order valence-electron chi connectivity index (χ1n) is 8.64. The van der Waals surface area contributed by atoms with Crippen LogP contribution in [0.15, 0.2) is 17.8 Å². The Kier molecular flexibility index (Phi) is 4.67. The third-order valence-electron chi connectivity index (χ3n) is 5.06. The van der Waals surface area contributed by atoms with Gasteiger partial charge in [-0.3, -0.25) is 15.4 Å². The van der Waals surface area contributed by atoms with Gasteiger partial charge in [0.05, 0.1) is 17.1 Å². The number of pyridine rings is 1. The minimum Gasteiger partial charge on any atom is -0.300 e. The summed E-state index contributed by atoms with van der Waals surface area (Å²) in [5.41, 5.74) is 12.4. The van der Waals surface area contributed by atoms with E-state index in [2.05, 4.69) is 36.9 Å². The van der Waals surface area contributed by atoms with Crippen LogP contribution < -0.4 is 11.0 Å². The maximum Gasteiger partial charge on any atom is 0.0969 e. The van der Waals surface area contributed by atoms with Gasteiger partial charge >= 0.3 is 0 Å². The summed E-state index contributed by atoms with van der Waals surface area (Å²) in [5, 5.41) is 2.03. The smallest absolute Gasteiger partial charge is 0.0969 e. The maximum atomic E-state index is 4.87. The van der Waals surface area contributed by atoms with E-state index >= 15 is 0 Å². The Balaban J connectivity index is 1.78. The number of aryl methyl sites for hydroxylation is 1. The van der Waals surface area contributed by atoms with Crippen molar-refractivity contribution >= 4 is 5.70 Å². The summed E-state index contributed by atoms with van der Waals surface area (Å²) in [4.78, 5) is 4.87. The van der Waals surface area contributed by atoms with Crippen LogP contribution in [0.25, 0.3) is 5.70 Å². The highest BCUT2D eigenvalue weighted by Crippen LogP contribution is 2.28. The maximum absolute atomic E-state index is 4.87. The van der Waals surface area contributed by atoms with Crippen LogP contribution in [-0.4, -0.2) is 17.0 Å².